The average molecular weight is 202 g/mol. The number of rotatable bonds is 2. The van der Waals surface area contributed by atoms with Gasteiger partial charge in [-0.15, -0.1) is 0 Å². The third-order valence-corrected chi connectivity index (χ3v) is 1.69. The van der Waals surface area contributed by atoms with Gasteiger partial charge in [-0.25, -0.2) is 0 Å². The second-order valence-electron chi connectivity index (χ2n) is 2.71. The number of hydrogen-bond acceptors (Lipinski definition) is 2. The van der Waals surface area contributed by atoms with Gasteiger partial charge in [0.05, 0.1) is 11.3 Å². The zero-order chi connectivity index (χ0) is 10.8. The first-order chi connectivity index (χ1) is 6.46. The molecule has 0 aliphatic carbocycles. The van der Waals surface area contributed by atoms with E-state index in [0.29, 0.717) is 0 Å². The van der Waals surface area contributed by atoms with Crippen molar-refractivity contribution in [3.8, 4) is 0 Å². The summed E-state index contributed by atoms with van der Waals surface area (Å²) in [5.41, 5.74) is 4.41. The molecule has 0 aliphatic heterocycles. The van der Waals surface area contributed by atoms with Crippen molar-refractivity contribution in [2.75, 3.05) is 6.54 Å². The van der Waals surface area contributed by atoms with Crippen molar-refractivity contribution in [3.05, 3.63) is 36.2 Å². The molecule has 0 amide bonds. The molecule has 0 radical (unpaired) electrons. The SMILES string of the molecule is C=C(CN)c1ncccc1C(F)(F)F. The van der Waals surface area contributed by atoms with Crippen LogP contribution >= 0.6 is 0 Å². The maximum absolute atomic E-state index is 12.4. The lowest BCUT2D eigenvalue weighted by atomic mass is 10.1. The Kier molecular flexibility index (Phi) is 2.90. The third-order valence-electron chi connectivity index (χ3n) is 1.69. The summed E-state index contributed by atoms with van der Waals surface area (Å²) in [7, 11) is 0. The van der Waals surface area contributed by atoms with Gasteiger partial charge < -0.3 is 5.73 Å². The molecule has 0 aliphatic rings. The summed E-state index contributed by atoms with van der Waals surface area (Å²) in [6.07, 6.45) is -3.13. The number of aromatic nitrogens is 1. The molecule has 0 unspecified atom stereocenters. The van der Waals surface area contributed by atoms with E-state index in [1.807, 2.05) is 0 Å². The fourth-order valence-electron chi connectivity index (χ4n) is 1.01. The van der Waals surface area contributed by atoms with E-state index in [2.05, 4.69) is 11.6 Å². The molecule has 0 atom stereocenters. The smallest absolute Gasteiger partial charge is 0.326 e. The number of nitrogens with zero attached hydrogens (tertiary/aromatic N) is 1. The van der Waals surface area contributed by atoms with Crippen LogP contribution < -0.4 is 5.73 Å². The van der Waals surface area contributed by atoms with Crippen molar-refractivity contribution in [1.29, 1.82) is 0 Å². The molecule has 76 valence electrons. The van der Waals surface area contributed by atoms with E-state index in [1.165, 1.54) is 12.3 Å². The number of alkyl halides is 3. The first-order valence-corrected chi connectivity index (χ1v) is 3.87. The Morgan fingerprint density at radius 1 is 1.50 bits per heavy atom. The average Bonchev–Trinajstić information content (AvgIpc) is 2.15. The number of halogens is 3. The molecule has 0 fully saturated rings. The van der Waals surface area contributed by atoms with Crippen LogP contribution in [-0.4, -0.2) is 11.5 Å². The van der Waals surface area contributed by atoms with E-state index >= 15 is 0 Å². The molecule has 1 aromatic rings. The molecule has 1 rings (SSSR count). The van der Waals surface area contributed by atoms with Crippen LogP contribution in [0.4, 0.5) is 13.2 Å². The summed E-state index contributed by atoms with van der Waals surface area (Å²) in [6, 6.07) is 2.19. The van der Waals surface area contributed by atoms with Gasteiger partial charge in [0.1, 0.15) is 0 Å². The fourth-order valence-corrected chi connectivity index (χ4v) is 1.01. The van der Waals surface area contributed by atoms with Crippen LogP contribution in [-0.2, 0) is 6.18 Å². The van der Waals surface area contributed by atoms with Crippen LogP contribution in [0.3, 0.4) is 0 Å². The van der Waals surface area contributed by atoms with Crippen molar-refractivity contribution in [2.45, 2.75) is 6.18 Å². The van der Waals surface area contributed by atoms with Gasteiger partial charge in [-0.05, 0) is 17.7 Å². The van der Waals surface area contributed by atoms with Gasteiger partial charge in [0.2, 0.25) is 0 Å². The van der Waals surface area contributed by atoms with Gasteiger partial charge >= 0.3 is 6.18 Å². The largest absolute Gasteiger partial charge is 0.418 e. The second kappa shape index (κ2) is 3.79. The van der Waals surface area contributed by atoms with Crippen LogP contribution in [0.2, 0.25) is 0 Å². The molecule has 2 N–H and O–H groups in total. The lowest BCUT2D eigenvalue weighted by Crippen LogP contribution is -2.12. The Labute approximate surface area is 79.3 Å². The Bertz CT molecular complexity index is 344. The highest BCUT2D eigenvalue weighted by Gasteiger charge is 2.34. The summed E-state index contributed by atoms with van der Waals surface area (Å²) in [5, 5.41) is 0. The summed E-state index contributed by atoms with van der Waals surface area (Å²) in [6.45, 7) is 3.39. The molecule has 0 aromatic carbocycles. The van der Waals surface area contributed by atoms with Crippen LogP contribution in [0.25, 0.3) is 5.57 Å². The minimum Gasteiger partial charge on any atom is -0.326 e. The maximum atomic E-state index is 12.4. The molecule has 1 aromatic heterocycles. The first-order valence-electron chi connectivity index (χ1n) is 3.87. The third kappa shape index (κ3) is 2.11. The lowest BCUT2D eigenvalue weighted by molar-refractivity contribution is -0.138. The monoisotopic (exact) mass is 202 g/mol. The fraction of sp³-hybridized carbons (Fsp3) is 0.222. The van der Waals surface area contributed by atoms with Crippen molar-refractivity contribution in [1.82, 2.24) is 4.98 Å². The molecule has 0 saturated heterocycles. The summed E-state index contributed by atoms with van der Waals surface area (Å²) < 4.78 is 37.3. The zero-order valence-corrected chi connectivity index (χ0v) is 7.30. The normalized spacial score (nSPS) is 11.4. The quantitative estimate of drug-likeness (QED) is 0.797. The van der Waals surface area contributed by atoms with Gasteiger partial charge in [0.25, 0.3) is 0 Å². The van der Waals surface area contributed by atoms with Gasteiger partial charge in [0, 0.05) is 12.7 Å². The molecular weight excluding hydrogens is 193 g/mol. The van der Waals surface area contributed by atoms with Crippen molar-refractivity contribution >= 4 is 5.57 Å². The van der Waals surface area contributed by atoms with Crippen LogP contribution in [0.1, 0.15) is 11.3 Å². The number of hydrogen-bond donors (Lipinski definition) is 1. The predicted molar refractivity (Wildman–Crippen MR) is 47.3 cm³/mol. The van der Waals surface area contributed by atoms with E-state index in [9.17, 15) is 13.2 Å². The minimum atomic E-state index is -4.41. The molecule has 5 heteroatoms. The lowest BCUT2D eigenvalue weighted by Gasteiger charge is -2.11. The van der Waals surface area contributed by atoms with Gasteiger partial charge in [-0.2, -0.15) is 13.2 Å². The minimum absolute atomic E-state index is 0.0416. The predicted octanol–water partition coefficient (Wildman–Crippen LogP) is 2.07. The molecule has 2 nitrogen and oxygen atoms in total. The van der Waals surface area contributed by atoms with E-state index < -0.39 is 11.7 Å². The van der Waals surface area contributed by atoms with E-state index in [1.54, 1.807) is 0 Å². The van der Waals surface area contributed by atoms with Crippen LogP contribution in [0.15, 0.2) is 24.9 Å². The summed E-state index contributed by atoms with van der Waals surface area (Å²) in [5.74, 6) is 0. The maximum Gasteiger partial charge on any atom is 0.418 e. The molecule has 0 spiro atoms. The highest BCUT2D eigenvalue weighted by Crippen LogP contribution is 2.32. The van der Waals surface area contributed by atoms with Gasteiger partial charge in [0.15, 0.2) is 0 Å². The second-order valence-corrected chi connectivity index (χ2v) is 2.71. The Morgan fingerprint density at radius 3 is 2.64 bits per heavy atom. The van der Waals surface area contributed by atoms with Crippen LogP contribution in [0.5, 0.6) is 0 Å². The number of nitrogens with two attached hydrogens (primary N) is 1. The summed E-state index contributed by atoms with van der Waals surface area (Å²) >= 11 is 0. The van der Waals surface area contributed by atoms with E-state index in [-0.39, 0.29) is 17.8 Å². The number of pyridine rings is 1. The highest BCUT2D eigenvalue weighted by atomic mass is 19.4. The standard InChI is InChI=1S/C9H9F3N2/c1-6(5-13)8-7(9(10,11)12)3-2-4-14-8/h2-4H,1,5,13H2. The van der Waals surface area contributed by atoms with Crippen molar-refractivity contribution in [3.63, 3.8) is 0 Å². The van der Waals surface area contributed by atoms with Crippen LogP contribution in [0, 0.1) is 0 Å². The van der Waals surface area contributed by atoms with E-state index in [4.69, 9.17) is 5.73 Å². The first kappa shape index (κ1) is 10.7. The zero-order valence-electron chi connectivity index (χ0n) is 7.30. The summed E-state index contributed by atoms with van der Waals surface area (Å²) in [4.78, 5) is 3.62. The molecule has 0 bridgehead atoms. The Balaban J connectivity index is 3.23. The molecular formula is C9H9F3N2. The van der Waals surface area contributed by atoms with Gasteiger partial charge in [-0.3, -0.25) is 4.98 Å². The van der Waals surface area contributed by atoms with Crippen molar-refractivity contribution in [2.24, 2.45) is 5.73 Å². The molecule has 0 saturated carbocycles. The van der Waals surface area contributed by atoms with Crippen molar-refractivity contribution < 1.29 is 13.2 Å². The topological polar surface area (TPSA) is 38.9 Å². The highest BCUT2D eigenvalue weighted by molar-refractivity contribution is 5.64. The Morgan fingerprint density at radius 2 is 2.14 bits per heavy atom. The van der Waals surface area contributed by atoms with E-state index in [0.717, 1.165) is 6.07 Å². The van der Waals surface area contributed by atoms with Gasteiger partial charge in [-0.1, -0.05) is 6.58 Å². The molecule has 1 heterocycles. The Hall–Kier alpha value is -1.36. The molecule has 14 heavy (non-hydrogen) atoms.